The lowest BCUT2D eigenvalue weighted by molar-refractivity contribution is 0.122. The number of para-hydroxylation sites is 1. The predicted octanol–water partition coefficient (Wildman–Crippen LogP) is 1.44. The first kappa shape index (κ1) is 22.1. The van der Waals surface area contributed by atoms with Gasteiger partial charge in [-0.2, -0.15) is 0 Å². The highest BCUT2D eigenvalue weighted by Crippen LogP contribution is 2.39. The topological polar surface area (TPSA) is 63.2 Å². The molecule has 1 aromatic rings. The third-order valence-corrected chi connectivity index (χ3v) is 5.10. The van der Waals surface area contributed by atoms with Crippen LogP contribution in [0.15, 0.2) is 18.2 Å². The molecule has 0 amide bonds. The molecule has 1 aromatic carbocycles. The maximum atomic E-state index is 9.75. The molecule has 2 heterocycles. The van der Waals surface area contributed by atoms with Crippen molar-refractivity contribution in [2.45, 2.75) is 0 Å². The number of nitrogens with one attached hydrogen (secondary N) is 1. The minimum absolute atomic E-state index is 0. The van der Waals surface area contributed by atoms with Crippen LogP contribution in [-0.2, 0) is 0 Å². The van der Waals surface area contributed by atoms with Crippen LogP contribution in [0.4, 0.5) is 0 Å². The van der Waals surface area contributed by atoms with E-state index in [-0.39, 0.29) is 36.8 Å². The van der Waals surface area contributed by atoms with Crippen LogP contribution in [-0.4, -0.2) is 70.2 Å². The average molecular weight is 395 g/mol. The summed E-state index contributed by atoms with van der Waals surface area (Å²) in [4.78, 5) is 2.38. The maximum Gasteiger partial charge on any atom is 0.203 e. The van der Waals surface area contributed by atoms with Crippen molar-refractivity contribution in [2.24, 2.45) is 11.3 Å². The van der Waals surface area contributed by atoms with E-state index in [0.29, 0.717) is 29.8 Å². The Morgan fingerprint density at radius 3 is 2.48 bits per heavy atom. The van der Waals surface area contributed by atoms with Gasteiger partial charge >= 0.3 is 0 Å². The third-order valence-electron chi connectivity index (χ3n) is 5.10. The molecule has 2 aliphatic heterocycles. The van der Waals surface area contributed by atoms with Crippen LogP contribution in [0.5, 0.6) is 17.2 Å². The van der Waals surface area contributed by atoms with Crippen LogP contribution in [0.2, 0.25) is 0 Å². The first-order chi connectivity index (χ1) is 11.2. The van der Waals surface area contributed by atoms with Gasteiger partial charge in [0.2, 0.25) is 5.75 Å². The molecule has 0 spiro atoms. The summed E-state index contributed by atoms with van der Waals surface area (Å²) in [7, 11) is 3.25. The summed E-state index contributed by atoms with van der Waals surface area (Å²) in [6.07, 6.45) is 0. The fourth-order valence-corrected chi connectivity index (χ4v) is 3.76. The molecule has 2 unspecified atom stereocenters. The van der Waals surface area contributed by atoms with Gasteiger partial charge < -0.3 is 24.6 Å². The molecular weight excluding hydrogens is 367 g/mol. The number of nitrogens with zero attached hydrogens (tertiary/aromatic N) is 1. The SMILES string of the molecule is COc1cccc(OC)c1OCCN1CC2CNCC2(CO)C1.Cl.Cl. The van der Waals surface area contributed by atoms with E-state index < -0.39 is 0 Å². The van der Waals surface area contributed by atoms with E-state index in [9.17, 15) is 5.11 Å². The Morgan fingerprint density at radius 1 is 1.24 bits per heavy atom. The molecule has 0 radical (unpaired) electrons. The molecule has 2 aliphatic rings. The summed E-state index contributed by atoms with van der Waals surface area (Å²) in [6.45, 7) is 5.50. The number of fused-ring (bicyclic) bond motifs is 1. The van der Waals surface area contributed by atoms with E-state index in [1.807, 2.05) is 18.2 Å². The van der Waals surface area contributed by atoms with Gasteiger partial charge in [0.25, 0.3) is 0 Å². The lowest BCUT2D eigenvalue weighted by Crippen LogP contribution is -2.36. The zero-order valence-corrected chi connectivity index (χ0v) is 16.3. The fraction of sp³-hybridized carbons (Fsp3) is 0.647. The molecule has 144 valence electrons. The molecule has 0 bridgehead atoms. The lowest BCUT2D eigenvalue weighted by Gasteiger charge is -2.25. The van der Waals surface area contributed by atoms with Gasteiger partial charge in [-0.25, -0.2) is 0 Å². The number of rotatable bonds is 7. The molecule has 3 rings (SSSR count). The molecule has 0 saturated carbocycles. The predicted molar refractivity (Wildman–Crippen MR) is 102 cm³/mol. The highest BCUT2D eigenvalue weighted by molar-refractivity contribution is 5.85. The Labute approximate surface area is 161 Å². The Bertz CT molecular complexity index is 527. The van der Waals surface area contributed by atoms with Gasteiger partial charge in [0, 0.05) is 31.6 Å². The second-order valence-corrected chi connectivity index (χ2v) is 6.42. The third kappa shape index (κ3) is 4.44. The number of hydrogen-bond acceptors (Lipinski definition) is 6. The number of hydrogen-bond donors (Lipinski definition) is 2. The van der Waals surface area contributed by atoms with Crippen LogP contribution in [0.3, 0.4) is 0 Å². The van der Waals surface area contributed by atoms with Gasteiger partial charge in [0.05, 0.1) is 20.8 Å². The first-order valence-corrected chi connectivity index (χ1v) is 8.10. The summed E-state index contributed by atoms with van der Waals surface area (Å²) >= 11 is 0. The highest BCUT2D eigenvalue weighted by atomic mass is 35.5. The molecule has 2 atom stereocenters. The number of aliphatic hydroxyl groups excluding tert-OH is 1. The molecule has 8 heteroatoms. The van der Waals surface area contributed by atoms with E-state index in [1.165, 1.54) is 0 Å². The highest BCUT2D eigenvalue weighted by Gasteiger charge is 2.48. The van der Waals surface area contributed by atoms with Crippen LogP contribution in [0, 0.1) is 11.3 Å². The lowest BCUT2D eigenvalue weighted by atomic mass is 9.82. The van der Waals surface area contributed by atoms with Gasteiger partial charge in [-0.15, -0.1) is 24.8 Å². The van der Waals surface area contributed by atoms with Crippen molar-refractivity contribution in [1.82, 2.24) is 10.2 Å². The molecular formula is C17H28Cl2N2O4. The second-order valence-electron chi connectivity index (χ2n) is 6.42. The van der Waals surface area contributed by atoms with E-state index in [4.69, 9.17) is 14.2 Å². The number of methoxy groups -OCH3 is 2. The van der Waals surface area contributed by atoms with Crippen LogP contribution >= 0.6 is 24.8 Å². The Hall–Kier alpha value is -0.920. The fourth-order valence-electron chi connectivity index (χ4n) is 3.76. The van der Waals surface area contributed by atoms with Crippen molar-refractivity contribution in [3.8, 4) is 17.2 Å². The summed E-state index contributed by atoms with van der Waals surface area (Å²) in [6, 6.07) is 5.61. The summed E-state index contributed by atoms with van der Waals surface area (Å²) in [5, 5.41) is 13.2. The normalized spacial score (nSPS) is 24.8. The monoisotopic (exact) mass is 394 g/mol. The van der Waals surface area contributed by atoms with Gasteiger partial charge in [-0.1, -0.05) is 6.07 Å². The van der Waals surface area contributed by atoms with Gasteiger partial charge in [-0.05, 0) is 24.6 Å². The minimum Gasteiger partial charge on any atom is -0.493 e. The molecule has 6 nitrogen and oxygen atoms in total. The summed E-state index contributed by atoms with van der Waals surface area (Å²) < 4.78 is 16.6. The van der Waals surface area contributed by atoms with Gasteiger partial charge in [0.1, 0.15) is 6.61 Å². The Morgan fingerprint density at radius 2 is 1.92 bits per heavy atom. The number of benzene rings is 1. The summed E-state index contributed by atoms with van der Waals surface area (Å²) in [5.41, 5.74) is 0.0299. The second kappa shape index (κ2) is 9.69. The van der Waals surface area contributed by atoms with Crippen molar-refractivity contribution >= 4 is 24.8 Å². The van der Waals surface area contributed by atoms with E-state index >= 15 is 0 Å². The van der Waals surface area contributed by atoms with Crippen molar-refractivity contribution < 1.29 is 19.3 Å². The van der Waals surface area contributed by atoms with Crippen LogP contribution < -0.4 is 19.5 Å². The smallest absolute Gasteiger partial charge is 0.203 e. The van der Waals surface area contributed by atoms with Gasteiger partial charge in [-0.3, -0.25) is 4.90 Å². The maximum absolute atomic E-state index is 9.75. The Balaban J connectivity index is 0.00000156. The largest absolute Gasteiger partial charge is 0.493 e. The number of ether oxygens (including phenoxy) is 3. The van der Waals surface area contributed by atoms with Crippen molar-refractivity contribution in [2.75, 3.05) is 60.2 Å². The zero-order valence-electron chi connectivity index (χ0n) is 14.7. The van der Waals surface area contributed by atoms with Crippen LogP contribution in [0.1, 0.15) is 0 Å². The zero-order chi connectivity index (χ0) is 16.3. The number of likely N-dealkylation sites (tertiary alicyclic amines) is 1. The minimum atomic E-state index is 0. The molecule has 2 N–H and O–H groups in total. The first-order valence-electron chi connectivity index (χ1n) is 8.10. The average Bonchev–Trinajstić information content (AvgIpc) is 3.12. The van der Waals surface area contributed by atoms with E-state index in [0.717, 1.165) is 32.7 Å². The van der Waals surface area contributed by atoms with Crippen molar-refractivity contribution in [3.05, 3.63) is 18.2 Å². The molecule has 0 aliphatic carbocycles. The standard InChI is InChI=1S/C17H26N2O4.2ClH/c1-21-14-4-3-5-15(22-2)16(14)23-7-6-19-9-13-8-18-10-17(13,11-19)12-20;;/h3-5,13,18,20H,6-12H2,1-2H3;2*1H. The molecule has 2 saturated heterocycles. The van der Waals surface area contributed by atoms with Crippen molar-refractivity contribution in [1.29, 1.82) is 0 Å². The van der Waals surface area contributed by atoms with Gasteiger partial charge in [0.15, 0.2) is 11.5 Å². The van der Waals surface area contributed by atoms with E-state index in [2.05, 4.69) is 10.2 Å². The number of aliphatic hydroxyl groups is 1. The summed E-state index contributed by atoms with van der Waals surface area (Å²) in [5.74, 6) is 2.54. The van der Waals surface area contributed by atoms with Crippen LogP contribution in [0.25, 0.3) is 0 Å². The van der Waals surface area contributed by atoms with Crippen molar-refractivity contribution in [3.63, 3.8) is 0 Å². The molecule has 25 heavy (non-hydrogen) atoms. The molecule has 0 aromatic heterocycles. The number of halogens is 2. The van der Waals surface area contributed by atoms with E-state index in [1.54, 1.807) is 14.2 Å². The Kier molecular flexibility index (Phi) is 8.57. The quantitative estimate of drug-likeness (QED) is 0.729. The molecule has 2 fully saturated rings.